The molecule has 1 aliphatic carbocycles. The van der Waals surface area contributed by atoms with Gasteiger partial charge in [0.1, 0.15) is 0 Å². The molecule has 1 aliphatic rings. The van der Waals surface area contributed by atoms with Gasteiger partial charge in [0.25, 0.3) is 0 Å². The maximum Gasteiger partial charge on any atom is 0.460 e. The van der Waals surface area contributed by atoms with Crippen molar-refractivity contribution in [2.45, 2.75) is 42.4 Å². The average Bonchev–Trinajstić information content (AvgIpc) is 2.77. The lowest BCUT2D eigenvalue weighted by Gasteiger charge is -2.41. The van der Waals surface area contributed by atoms with Crippen LogP contribution < -0.4 is 0 Å². The van der Waals surface area contributed by atoms with E-state index in [-0.39, 0.29) is 12.0 Å². The Bertz CT molecular complexity index is 608. The second-order valence-electron chi connectivity index (χ2n) is 5.24. The minimum atomic E-state index is -7.02. The van der Waals surface area contributed by atoms with Crippen molar-refractivity contribution in [3.8, 4) is 0 Å². The van der Waals surface area contributed by atoms with Gasteiger partial charge in [-0.05, 0) is 24.0 Å². The van der Waals surface area contributed by atoms with Gasteiger partial charge in [-0.1, -0.05) is 24.3 Å². The number of halogens is 9. The molecule has 0 amide bonds. The van der Waals surface area contributed by atoms with Crippen LogP contribution in [0.5, 0.6) is 0 Å². The van der Waals surface area contributed by atoms with Crippen LogP contribution in [0.1, 0.15) is 17.5 Å². The molecule has 0 saturated carbocycles. The van der Waals surface area contributed by atoms with Gasteiger partial charge in [-0.15, -0.1) is 0 Å². The summed E-state index contributed by atoms with van der Waals surface area (Å²) in [7, 11) is 0. The van der Waals surface area contributed by atoms with Crippen LogP contribution in [0.4, 0.5) is 39.5 Å². The first kappa shape index (κ1) is 17.9. The van der Waals surface area contributed by atoms with Crippen LogP contribution in [0.15, 0.2) is 24.3 Å². The van der Waals surface area contributed by atoms with Crippen molar-refractivity contribution in [3.63, 3.8) is 0 Å². The molecule has 2 rings (SSSR count). The summed E-state index contributed by atoms with van der Waals surface area (Å²) in [5.41, 5.74) is -4.65. The van der Waals surface area contributed by atoms with E-state index in [1.165, 1.54) is 12.1 Å². The molecule has 0 spiro atoms. The fraction of sp³-hybridized carbons (Fsp3) is 0.538. The van der Waals surface area contributed by atoms with Gasteiger partial charge in [-0.3, -0.25) is 0 Å². The molecule has 1 aromatic carbocycles. The number of benzene rings is 1. The zero-order chi connectivity index (χ0) is 17.9. The lowest BCUT2D eigenvalue weighted by Crippen LogP contribution is -2.67. The van der Waals surface area contributed by atoms with E-state index in [0.717, 1.165) is 12.1 Å². The molecule has 0 saturated heterocycles. The molecule has 1 N–H and O–H groups in total. The van der Waals surface area contributed by atoms with Gasteiger partial charge >= 0.3 is 23.9 Å². The van der Waals surface area contributed by atoms with Crippen LogP contribution in [0.25, 0.3) is 0 Å². The van der Waals surface area contributed by atoms with E-state index in [1.807, 2.05) is 0 Å². The van der Waals surface area contributed by atoms with Crippen LogP contribution in [0.2, 0.25) is 0 Å². The van der Waals surface area contributed by atoms with Gasteiger partial charge < -0.3 is 5.11 Å². The second kappa shape index (κ2) is 4.78. The molecule has 1 unspecified atom stereocenters. The fourth-order valence-electron chi connectivity index (χ4n) is 2.55. The summed E-state index contributed by atoms with van der Waals surface area (Å²) in [6.45, 7) is 0. The molecule has 0 aromatic heterocycles. The van der Waals surface area contributed by atoms with Crippen molar-refractivity contribution in [2.75, 3.05) is 0 Å². The summed E-state index contributed by atoms with van der Waals surface area (Å²) in [6.07, 6.45) is -8.38. The van der Waals surface area contributed by atoms with E-state index < -0.39 is 41.5 Å². The number of alkyl halides is 9. The van der Waals surface area contributed by atoms with Crippen molar-refractivity contribution in [1.82, 2.24) is 0 Å². The first-order chi connectivity index (χ1) is 10.2. The number of hydrogen-bond donors (Lipinski definition) is 1. The minimum Gasteiger partial charge on any atom is -0.379 e. The zero-order valence-electron chi connectivity index (χ0n) is 11.1. The lowest BCUT2D eigenvalue weighted by molar-refractivity contribution is -0.418. The van der Waals surface area contributed by atoms with Gasteiger partial charge in [0.05, 0.1) is 0 Å². The molecular formula is C13H9F9O. The number of hydrogen-bond acceptors (Lipinski definition) is 1. The third-order valence-electron chi connectivity index (χ3n) is 3.88. The fourth-order valence-corrected chi connectivity index (χ4v) is 2.55. The predicted molar refractivity (Wildman–Crippen MR) is 59.6 cm³/mol. The third kappa shape index (κ3) is 2.14. The van der Waals surface area contributed by atoms with E-state index in [2.05, 4.69) is 0 Å². The van der Waals surface area contributed by atoms with E-state index >= 15 is 0 Å². The van der Waals surface area contributed by atoms with Crippen LogP contribution in [0.3, 0.4) is 0 Å². The Kier molecular flexibility index (Phi) is 3.72. The molecule has 0 aliphatic heterocycles. The molecule has 0 bridgehead atoms. The molecule has 0 fully saturated rings. The van der Waals surface area contributed by atoms with Gasteiger partial charge in [-0.25, -0.2) is 0 Å². The van der Waals surface area contributed by atoms with Crippen molar-refractivity contribution in [3.05, 3.63) is 35.4 Å². The van der Waals surface area contributed by atoms with Gasteiger partial charge in [-0.2, -0.15) is 39.5 Å². The summed E-state index contributed by atoms with van der Waals surface area (Å²) in [6, 6.07) is 4.37. The van der Waals surface area contributed by atoms with Crippen LogP contribution in [0, 0.1) is 0 Å². The molecule has 1 aromatic rings. The summed E-state index contributed by atoms with van der Waals surface area (Å²) in [4.78, 5) is 0. The highest BCUT2D eigenvalue weighted by atomic mass is 19.4. The van der Waals surface area contributed by atoms with Crippen molar-refractivity contribution < 1.29 is 44.6 Å². The van der Waals surface area contributed by atoms with Crippen molar-refractivity contribution in [2.24, 2.45) is 0 Å². The highest BCUT2D eigenvalue weighted by Crippen LogP contribution is 2.60. The van der Waals surface area contributed by atoms with E-state index in [0.29, 0.717) is 0 Å². The van der Waals surface area contributed by atoms with Gasteiger partial charge in [0.2, 0.25) is 0 Å². The predicted octanol–water partition coefficient (Wildman–Crippen LogP) is 4.29. The summed E-state index contributed by atoms with van der Waals surface area (Å²) in [5, 5.41) is 9.91. The Balaban J connectivity index is 2.58. The Morgan fingerprint density at radius 1 is 0.826 bits per heavy atom. The molecule has 130 valence electrons. The molecule has 1 nitrogen and oxygen atoms in total. The smallest absolute Gasteiger partial charge is 0.379 e. The molecule has 1 atom stereocenters. The molecule has 23 heavy (non-hydrogen) atoms. The van der Waals surface area contributed by atoms with Crippen LogP contribution in [-0.4, -0.2) is 29.1 Å². The van der Waals surface area contributed by atoms with Crippen molar-refractivity contribution >= 4 is 0 Å². The molecule has 10 heteroatoms. The quantitative estimate of drug-likeness (QED) is 0.805. The SMILES string of the molecule is OC1(C(F)(F)C(F)(F)C(F)(F)C(F)(F)F)CCc2ccccc21. The summed E-state index contributed by atoms with van der Waals surface area (Å²) < 4.78 is 117. The highest BCUT2D eigenvalue weighted by molar-refractivity contribution is 5.40. The molecule has 0 heterocycles. The van der Waals surface area contributed by atoms with Crippen LogP contribution >= 0.6 is 0 Å². The van der Waals surface area contributed by atoms with Crippen LogP contribution in [-0.2, 0) is 12.0 Å². The number of fused-ring (bicyclic) bond motifs is 1. The third-order valence-corrected chi connectivity index (χ3v) is 3.88. The Morgan fingerprint density at radius 3 is 1.87 bits per heavy atom. The Labute approximate surface area is 123 Å². The summed E-state index contributed by atoms with van der Waals surface area (Å²) in [5.74, 6) is -19.9. The standard InChI is InChI=1S/C13H9F9O/c14-10(15,11(16,17)12(18,19)13(20,21)22)9(23)6-5-7-3-1-2-4-8(7)9/h1-4,23H,5-6H2. The van der Waals surface area contributed by atoms with Gasteiger partial charge in [0, 0.05) is 0 Å². The largest absolute Gasteiger partial charge is 0.460 e. The first-order valence-corrected chi connectivity index (χ1v) is 6.21. The Hall–Kier alpha value is -1.45. The zero-order valence-corrected chi connectivity index (χ0v) is 11.1. The monoisotopic (exact) mass is 352 g/mol. The maximum absolute atomic E-state index is 14.0. The average molecular weight is 352 g/mol. The molecule has 0 radical (unpaired) electrons. The lowest BCUT2D eigenvalue weighted by atomic mass is 9.83. The van der Waals surface area contributed by atoms with E-state index in [4.69, 9.17) is 0 Å². The van der Waals surface area contributed by atoms with E-state index in [9.17, 15) is 44.6 Å². The highest BCUT2D eigenvalue weighted by Gasteiger charge is 2.86. The first-order valence-electron chi connectivity index (χ1n) is 6.21. The number of aryl methyl sites for hydroxylation is 1. The maximum atomic E-state index is 14.0. The Morgan fingerprint density at radius 2 is 1.35 bits per heavy atom. The summed E-state index contributed by atoms with van der Waals surface area (Å²) >= 11 is 0. The topological polar surface area (TPSA) is 20.2 Å². The second-order valence-corrected chi connectivity index (χ2v) is 5.24. The number of rotatable bonds is 3. The number of aliphatic hydroxyl groups is 1. The minimum absolute atomic E-state index is 0.0270. The normalized spacial score (nSPS) is 23.0. The van der Waals surface area contributed by atoms with Gasteiger partial charge in [0.15, 0.2) is 5.60 Å². The molecular weight excluding hydrogens is 343 g/mol. The van der Waals surface area contributed by atoms with E-state index in [1.54, 1.807) is 0 Å². The van der Waals surface area contributed by atoms with Crippen molar-refractivity contribution in [1.29, 1.82) is 0 Å².